The number of hydrogen-bond donors (Lipinski definition) is 3. The van der Waals surface area contributed by atoms with Crippen LogP contribution in [0.4, 0.5) is 5.69 Å². The molecule has 0 unspecified atom stereocenters. The largest absolute Gasteiger partial charge is 0.350 e. The van der Waals surface area contributed by atoms with Gasteiger partial charge in [-0.3, -0.25) is 9.59 Å². The maximum atomic E-state index is 12.2. The molecule has 1 heterocycles. The molecule has 0 spiro atoms. The summed E-state index contributed by atoms with van der Waals surface area (Å²) in [4.78, 5) is 28.6. The van der Waals surface area contributed by atoms with Gasteiger partial charge in [-0.15, -0.1) is 23.7 Å². The number of benzene rings is 1. The van der Waals surface area contributed by atoms with Crippen molar-refractivity contribution in [1.29, 1.82) is 0 Å². The lowest BCUT2D eigenvalue weighted by atomic mass is 10.1. The van der Waals surface area contributed by atoms with Gasteiger partial charge in [-0.05, 0) is 51.1 Å². The molecule has 1 aromatic carbocycles. The molecule has 2 amide bonds. The summed E-state index contributed by atoms with van der Waals surface area (Å²) in [6.07, 6.45) is 0.663. The minimum Gasteiger partial charge on any atom is -0.350 e. The normalized spacial score (nSPS) is 10.3. The number of rotatable bonds is 6. The molecule has 0 aliphatic rings. The molecule has 8 heteroatoms. The van der Waals surface area contributed by atoms with E-state index in [4.69, 9.17) is 5.73 Å². The van der Waals surface area contributed by atoms with Gasteiger partial charge in [0, 0.05) is 29.1 Å². The van der Waals surface area contributed by atoms with Crippen LogP contribution >= 0.6 is 23.7 Å². The number of hydrogen-bond acceptors (Lipinski definition) is 5. The van der Waals surface area contributed by atoms with Gasteiger partial charge in [-0.25, -0.2) is 4.98 Å². The molecule has 0 saturated carbocycles. The van der Waals surface area contributed by atoms with Crippen molar-refractivity contribution >= 4 is 41.2 Å². The van der Waals surface area contributed by atoms with E-state index in [1.165, 1.54) is 11.3 Å². The number of halogens is 1. The standard InChI is InChI=1S/C17H22N4O2S.ClH/c1-10(2)19-16(22)13-5-4-12(8-11(13)3)20-17(23)14-9-24-15(21-14)6-7-18;/h4-5,8-10H,6-7,18H2,1-3H3,(H,19,22)(H,20,23);1H. The lowest BCUT2D eigenvalue weighted by molar-refractivity contribution is 0.0942. The summed E-state index contributed by atoms with van der Waals surface area (Å²) >= 11 is 1.42. The van der Waals surface area contributed by atoms with E-state index in [0.717, 1.165) is 10.6 Å². The molecule has 2 rings (SSSR count). The third-order valence-electron chi connectivity index (χ3n) is 3.29. The topological polar surface area (TPSA) is 97.1 Å². The average molecular weight is 383 g/mol. The molecule has 0 fully saturated rings. The SMILES string of the molecule is Cc1cc(NC(=O)c2csc(CCN)n2)ccc1C(=O)NC(C)C.Cl. The highest BCUT2D eigenvalue weighted by Gasteiger charge is 2.13. The van der Waals surface area contributed by atoms with Crippen LogP contribution in [0.3, 0.4) is 0 Å². The summed E-state index contributed by atoms with van der Waals surface area (Å²) < 4.78 is 0. The predicted octanol–water partition coefficient (Wildman–Crippen LogP) is 2.77. The van der Waals surface area contributed by atoms with Crippen LogP contribution in [0.2, 0.25) is 0 Å². The number of anilines is 1. The van der Waals surface area contributed by atoms with Crippen molar-refractivity contribution in [2.24, 2.45) is 5.73 Å². The Balaban J connectivity index is 0.00000312. The Morgan fingerprint density at radius 2 is 2.00 bits per heavy atom. The van der Waals surface area contributed by atoms with Gasteiger partial charge in [0.15, 0.2) is 0 Å². The second-order valence-electron chi connectivity index (χ2n) is 5.78. The zero-order chi connectivity index (χ0) is 17.7. The maximum Gasteiger partial charge on any atom is 0.275 e. The molecule has 6 nitrogen and oxygen atoms in total. The molecular weight excluding hydrogens is 360 g/mol. The Bertz CT molecular complexity index is 746. The van der Waals surface area contributed by atoms with Crippen molar-refractivity contribution in [3.05, 3.63) is 45.4 Å². The molecule has 1 aromatic heterocycles. The number of nitrogens with two attached hydrogens (primary N) is 1. The van der Waals surface area contributed by atoms with Gasteiger partial charge in [-0.1, -0.05) is 0 Å². The number of nitrogens with zero attached hydrogens (tertiary/aromatic N) is 1. The first-order valence-electron chi connectivity index (χ1n) is 7.78. The van der Waals surface area contributed by atoms with Crippen molar-refractivity contribution in [2.45, 2.75) is 33.2 Å². The first-order chi connectivity index (χ1) is 11.4. The molecule has 25 heavy (non-hydrogen) atoms. The molecule has 0 aliphatic carbocycles. The Hall–Kier alpha value is -1.96. The number of carbonyl (C=O) groups is 2. The minimum absolute atomic E-state index is 0. The third-order valence-corrected chi connectivity index (χ3v) is 4.20. The van der Waals surface area contributed by atoms with Crippen LogP contribution in [-0.4, -0.2) is 29.4 Å². The van der Waals surface area contributed by atoms with Gasteiger partial charge < -0.3 is 16.4 Å². The smallest absolute Gasteiger partial charge is 0.275 e. The molecule has 4 N–H and O–H groups in total. The highest BCUT2D eigenvalue weighted by atomic mass is 35.5. The minimum atomic E-state index is -0.270. The first kappa shape index (κ1) is 21.1. The van der Waals surface area contributed by atoms with E-state index in [2.05, 4.69) is 15.6 Å². The van der Waals surface area contributed by atoms with Crippen molar-refractivity contribution in [1.82, 2.24) is 10.3 Å². The fourth-order valence-electron chi connectivity index (χ4n) is 2.18. The van der Waals surface area contributed by atoms with Crippen LogP contribution in [0.25, 0.3) is 0 Å². The number of aromatic nitrogens is 1. The monoisotopic (exact) mass is 382 g/mol. The lowest BCUT2D eigenvalue weighted by Crippen LogP contribution is -2.30. The van der Waals surface area contributed by atoms with Gasteiger partial charge in [0.25, 0.3) is 11.8 Å². The number of carbonyl (C=O) groups excluding carboxylic acids is 2. The molecule has 136 valence electrons. The van der Waals surface area contributed by atoms with Crippen LogP contribution in [0.15, 0.2) is 23.6 Å². The van der Waals surface area contributed by atoms with E-state index >= 15 is 0 Å². The number of amides is 2. The van der Waals surface area contributed by atoms with Gasteiger partial charge in [0.2, 0.25) is 0 Å². The molecule has 0 radical (unpaired) electrons. The first-order valence-corrected chi connectivity index (χ1v) is 8.66. The van der Waals surface area contributed by atoms with Crippen LogP contribution in [0, 0.1) is 6.92 Å². The van der Waals surface area contributed by atoms with E-state index in [1.807, 2.05) is 20.8 Å². The van der Waals surface area contributed by atoms with Crippen molar-refractivity contribution < 1.29 is 9.59 Å². The van der Waals surface area contributed by atoms with Crippen molar-refractivity contribution in [3.63, 3.8) is 0 Å². The van der Waals surface area contributed by atoms with E-state index < -0.39 is 0 Å². The Morgan fingerprint density at radius 3 is 2.60 bits per heavy atom. The van der Waals surface area contributed by atoms with Crippen LogP contribution in [0.1, 0.15) is 45.3 Å². The van der Waals surface area contributed by atoms with E-state index in [1.54, 1.807) is 23.6 Å². The maximum absolute atomic E-state index is 12.2. The molecule has 0 atom stereocenters. The van der Waals surface area contributed by atoms with Gasteiger partial charge >= 0.3 is 0 Å². The molecule has 2 aromatic rings. The van der Waals surface area contributed by atoms with Crippen molar-refractivity contribution in [2.75, 3.05) is 11.9 Å². The summed E-state index contributed by atoms with van der Waals surface area (Å²) in [5.74, 6) is -0.389. The van der Waals surface area contributed by atoms with Gasteiger partial charge in [0.05, 0.1) is 5.01 Å². The van der Waals surface area contributed by atoms with Crippen molar-refractivity contribution in [3.8, 4) is 0 Å². The van der Waals surface area contributed by atoms with Crippen LogP contribution in [-0.2, 0) is 6.42 Å². The molecular formula is C17H23ClN4O2S. The van der Waals surface area contributed by atoms with Gasteiger partial charge in [-0.2, -0.15) is 0 Å². The fourth-order valence-corrected chi connectivity index (χ4v) is 2.98. The quantitative estimate of drug-likeness (QED) is 0.715. The van der Waals surface area contributed by atoms with E-state index in [-0.39, 0.29) is 30.3 Å². The highest BCUT2D eigenvalue weighted by Crippen LogP contribution is 2.17. The third kappa shape index (κ3) is 5.81. The van der Waals surface area contributed by atoms with Crippen LogP contribution in [0.5, 0.6) is 0 Å². The number of aryl methyl sites for hydroxylation is 1. The van der Waals surface area contributed by atoms with Gasteiger partial charge in [0.1, 0.15) is 5.69 Å². The second kappa shape index (κ2) is 9.50. The zero-order valence-corrected chi connectivity index (χ0v) is 16.1. The number of thiazole rings is 1. The van der Waals surface area contributed by atoms with E-state index in [9.17, 15) is 9.59 Å². The lowest BCUT2D eigenvalue weighted by Gasteiger charge is -2.12. The molecule has 0 bridgehead atoms. The summed E-state index contributed by atoms with van der Waals surface area (Å²) in [6.45, 7) is 6.17. The summed E-state index contributed by atoms with van der Waals surface area (Å²) in [6, 6.07) is 5.28. The summed E-state index contributed by atoms with van der Waals surface area (Å²) in [7, 11) is 0. The molecule has 0 aliphatic heterocycles. The summed E-state index contributed by atoms with van der Waals surface area (Å²) in [5.41, 5.74) is 7.89. The average Bonchev–Trinajstić information content (AvgIpc) is 2.95. The Morgan fingerprint density at radius 1 is 1.28 bits per heavy atom. The molecule has 0 saturated heterocycles. The second-order valence-corrected chi connectivity index (χ2v) is 6.72. The predicted molar refractivity (Wildman–Crippen MR) is 104 cm³/mol. The van der Waals surface area contributed by atoms with E-state index in [0.29, 0.717) is 29.9 Å². The zero-order valence-electron chi connectivity index (χ0n) is 14.5. The van der Waals surface area contributed by atoms with Crippen LogP contribution < -0.4 is 16.4 Å². The Kier molecular flexibility index (Phi) is 8.02. The number of nitrogens with one attached hydrogen (secondary N) is 2. The highest BCUT2D eigenvalue weighted by molar-refractivity contribution is 7.09. The fraction of sp³-hybridized carbons (Fsp3) is 0.353. The summed E-state index contributed by atoms with van der Waals surface area (Å²) in [5, 5.41) is 8.23. The Labute approximate surface area is 157 Å².